The van der Waals surface area contributed by atoms with E-state index in [0.717, 1.165) is 5.56 Å². The Balaban J connectivity index is 3.25. The Morgan fingerprint density at radius 1 is 1.55 bits per heavy atom. The minimum atomic E-state index is -0.362. The van der Waals surface area contributed by atoms with Crippen LogP contribution in [0.4, 0.5) is 4.39 Å². The predicted molar refractivity (Wildman–Crippen MR) is 47.0 cm³/mol. The number of benzene rings is 1. The molecule has 60 valence electrons. The number of hydrogen-bond acceptors (Lipinski definition) is 1. The van der Waals surface area contributed by atoms with Gasteiger partial charge in [-0.3, -0.25) is 0 Å². The van der Waals surface area contributed by atoms with Crippen molar-refractivity contribution in [2.45, 2.75) is 6.54 Å². The van der Waals surface area contributed by atoms with Crippen molar-refractivity contribution in [3.05, 3.63) is 33.0 Å². The summed E-state index contributed by atoms with van der Waals surface area (Å²) >= 11 is 8.84. The molecule has 0 aliphatic heterocycles. The van der Waals surface area contributed by atoms with Crippen LogP contribution >= 0.6 is 27.5 Å². The van der Waals surface area contributed by atoms with Gasteiger partial charge in [0.15, 0.2) is 0 Å². The first-order valence-electron chi connectivity index (χ1n) is 2.98. The van der Waals surface area contributed by atoms with E-state index in [2.05, 4.69) is 15.9 Å². The van der Waals surface area contributed by atoms with E-state index < -0.39 is 0 Å². The van der Waals surface area contributed by atoms with Crippen LogP contribution < -0.4 is 5.73 Å². The molecule has 0 saturated carbocycles. The zero-order chi connectivity index (χ0) is 8.43. The van der Waals surface area contributed by atoms with E-state index in [0.29, 0.717) is 16.0 Å². The Hall–Kier alpha value is -0.120. The number of halogens is 3. The van der Waals surface area contributed by atoms with Gasteiger partial charge in [0.2, 0.25) is 0 Å². The lowest BCUT2D eigenvalue weighted by molar-refractivity contribution is 0.626. The van der Waals surface area contributed by atoms with Gasteiger partial charge in [0.25, 0.3) is 0 Å². The average Bonchev–Trinajstić information content (AvgIpc) is 1.85. The van der Waals surface area contributed by atoms with E-state index in [9.17, 15) is 4.39 Å². The van der Waals surface area contributed by atoms with Gasteiger partial charge < -0.3 is 5.73 Å². The minimum absolute atomic E-state index is 0.305. The number of rotatable bonds is 1. The van der Waals surface area contributed by atoms with Gasteiger partial charge in [-0.25, -0.2) is 4.39 Å². The summed E-state index contributed by atoms with van der Waals surface area (Å²) in [6.45, 7) is 0.305. The fraction of sp³-hybridized carbons (Fsp3) is 0.143. The minimum Gasteiger partial charge on any atom is -0.326 e. The maximum atomic E-state index is 12.6. The quantitative estimate of drug-likeness (QED) is 0.800. The highest BCUT2D eigenvalue weighted by molar-refractivity contribution is 9.10. The van der Waals surface area contributed by atoms with Crippen LogP contribution in [0.25, 0.3) is 0 Å². The van der Waals surface area contributed by atoms with Crippen molar-refractivity contribution in [1.82, 2.24) is 0 Å². The zero-order valence-corrected chi connectivity index (χ0v) is 7.91. The molecule has 11 heavy (non-hydrogen) atoms. The molecule has 1 aromatic rings. The van der Waals surface area contributed by atoms with Crippen molar-refractivity contribution >= 4 is 27.5 Å². The molecule has 0 bridgehead atoms. The van der Waals surface area contributed by atoms with Gasteiger partial charge in [-0.05, 0) is 17.7 Å². The van der Waals surface area contributed by atoms with Crippen LogP contribution in [-0.2, 0) is 6.54 Å². The highest BCUT2D eigenvalue weighted by atomic mass is 79.9. The number of nitrogens with two attached hydrogens (primary N) is 1. The van der Waals surface area contributed by atoms with Gasteiger partial charge in [-0.15, -0.1) is 0 Å². The lowest BCUT2D eigenvalue weighted by atomic mass is 10.2. The molecule has 0 spiro atoms. The topological polar surface area (TPSA) is 26.0 Å². The van der Waals surface area contributed by atoms with Crippen LogP contribution in [0.1, 0.15) is 5.56 Å². The van der Waals surface area contributed by atoms with Crippen LogP contribution in [-0.4, -0.2) is 0 Å². The Kier molecular flexibility index (Phi) is 2.87. The average molecular weight is 238 g/mol. The predicted octanol–water partition coefficient (Wildman–Crippen LogP) is 2.70. The lowest BCUT2D eigenvalue weighted by Gasteiger charge is -2.03. The van der Waals surface area contributed by atoms with Gasteiger partial charge in [0.05, 0.1) is 0 Å². The van der Waals surface area contributed by atoms with Crippen molar-refractivity contribution in [1.29, 1.82) is 0 Å². The van der Waals surface area contributed by atoms with E-state index in [4.69, 9.17) is 17.3 Å². The molecule has 0 heterocycles. The van der Waals surface area contributed by atoms with Gasteiger partial charge in [-0.2, -0.15) is 0 Å². The van der Waals surface area contributed by atoms with Crippen molar-refractivity contribution in [2.24, 2.45) is 5.73 Å². The summed E-state index contributed by atoms with van der Waals surface area (Å²) in [6, 6.07) is 2.59. The Labute approximate surface area is 77.5 Å². The molecular formula is C7H6BrClFN. The maximum Gasteiger partial charge on any atom is 0.125 e. The van der Waals surface area contributed by atoms with Crippen molar-refractivity contribution in [2.75, 3.05) is 0 Å². The van der Waals surface area contributed by atoms with E-state index in [-0.39, 0.29) is 5.82 Å². The summed E-state index contributed by atoms with van der Waals surface area (Å²) < 4.78 is 13.2. The Morgan fingerprint density at radius 3 is 2.64 bits per heavy atom. The summed E-state index contributed by atoms with van der Waals surface area (Å²) in [7, 11) is 0. The van der Waals surface area contributed by atoms with Gasteiger partial charge in [-0.1, -0.05) is 27.5 Å². The summed E-state index contributed by atoms with van der Waals surface area (Å²) in [4.78, 5) is 0. The molecule has 0 aromatic heterocycles. The molecule has 0 unspecified atom stereocenters. The SMILES string of the molecule is NCc1c(Cl)cc(F)cc1Br. The molecule has 1 nitrogen and oxygen atoms in total. The first-order chi connectivity index (χ1) is 5.15. The van der Waals surface area contributed by atoms with Crippen molar-refractivity contribution < 1.29 is 4.39 Å². The normalized spacial score (nSPS) is 10.2. The molecule has 1 aromatic carbocycles. The molecule has 0 fully saturated rings. The van der Waals surface area contributed by atoms with Crippen LogP contribution in [0, 0.1) is 5.82 Å². The highest BCUT2D eigenvalue weighted by Crippen LogP contribution is 2.25. The maximum absolute atomic E-state index is 12.6. The van der Waals surface area contributed by atoms with Crippen LogP contribution in [0.2, 0.25) is 5.02 Å². The molecule has 1 rings (SSSR count). The standard InChI is InChI=1S/C7H6BrClFN/c8-6-1-4(10)2-7(9)5(6)3-11/h1-2H,3,11H2. The molecule has 0 saturated heterocycles. The van der Waals surface area contributed by atoms with Crippen molar-refractivity contribution in [3.8, 4) is 0 Å². The third-order valence-electron chi connectivity index (χ3n) is 1.31. The largest absolute Gasteiger partial charge is 0.326 e. The third kappa shape index (κ3) is 1.92. The van der Waals surface area contributed by atoms with E-state index in [1.807, 2.05) is 0 Å². The Bertz CT molecular complexity index is 254. The summed E-state index contributed by atoms with van der Waals surface area (Å²) in [5, 5.41) is 0.361. The summed E-state index contributed by atoms with van der Waals surface area (Å²) in [5.74, 6) is -0.362. The third-order valence-corrected chi connectivity index (χ3v) is 2.35. The fourth-order valence-electron chi connectivity index (χ4n) is 0.767. The smallest absolute Gasteiger partial charge is 0.125 e. The van der Waals surface area contributed by atoms with Gasteiger partial charge in [0.1, 0.15) is 5.82 Å². The first-order valence-corrected chi connectivity index (χ1v) is 4.15. The monoisotopic (exact) mass is 237 g/mol. The Morgan fingerprint density at radius 2 is 2.18 bits per heavy atom. The number of hydrogen-bond donors (Lipinski definition) is 1. The molecule has 0 radical (unpaired) electrons. The highest BCUT2D eigenvalue weighted by Gasteiger charge is 2.05. The van der Waals surface area contributed by atoms with E-state index in [1.54, 1.807) is 0 Å². The lowest BCUT2D eigenvalue weighted by Crippen LogP contribution is -1.98. The van der Waals surface area contributed by atoms with Gasteiger partial charge >= 0.3 is 0 Å². The summed E-state index contributed by atoms with van der Waals surface area (Å²) in [6.07, 6.45) is 0. The molecule has 0 amide bonds. The van der Waals surface area contributed by atoms with E-state index >= 15 is 0 Å². The van der Waals surface area contributed by atoms with Crippen molar-refractivity contribution in [3.63, 3.8) is 0 Å². The fourth-order valence-corrected chi connectivity index (χ4v) is 1.76. The first kappa shape index (κ1) is 8.97. The molecule has 4 heteroatoms. The second-order valence-corrected chi connectivity index (χ2v) is 3.31. The zero-order valence-electron chi connectivity index (χ0n) is 5.57. The molecule has 2 N–H and O–H groups in total. The van der Waals surface area contributed by atoms with E-state index in [1.165, 1.54) is 12.1 Å². The van der Waals surface area contributed by atoms with Crippen LogP contribution in [0.3, 0.4) is 0 Å². The molecule has 0 atom stereocenters. The van der Waals surface area contributed by atoms with Crippen LogP contribution in [0.5, 0.6) is 0 Å². The molecule has 0 aliphatic carbocycles. The molecule has 0 aliphatic rings. The second kappa shape index (κ2) is 3.52. The summed E-state index contributed by atoms with van der Waals surface area (Å²) in [5.41, 5.74) is 6.09. The van der Waals surface area contributed by atoms with Crippen LogP contribution in [0.15, 0.2) is 16.6 Å². The molecular weight excluding hydrogens is 232 g/mol. The second-order valence-electron chi connectivity index (χ2n) is 2.05. The van der Waals surface area contributed by atoms with Gasteiger partial charge in [0, 0.05) is 16.0 Å².